The summed E-state index contributed by atoms with van der Waals surface area (Å²) in [6.45, 7) is 4.01. The van der Waals surface area contributed by atoms with Gasteiger partial charge in [0, 0.05) is 0 Å². The third-order valence-electron chi connectivity index (χ3n) is 3.01. The van der Waals surface area contributed by atoms with E-state index in [-0.39, 0.29) is 11.7 Å². The Kier molecular flexibility index (Phi) is 4.70. The Morgan fingerprint density at radius 3 is 2.81 bits per heavy atom. The summed E-state index contributed by atoms with van der Waals surface area (Å²) in [5.74, 6) is -0.307. The minimum Gasteiger partial charge on any atom is -0.322 e. The van der Waals surface area contributed by atoms with Crippen LogP contribution in [0.3, 0.4) is 0 Å². The molecule has 5 nitrogen and oxygen atoms in total. The lowest BCUT2D eigenvalue weighted by atomic mass is 10.0. The van der Waals surface area contributed by atoms with Crippen molar-refractivity contribution >= 4 is 11.6 Å². The fraction of sp³-hybridized carbons (Fsp3) is 0.333. The average molecular weight is 290 g/mol. The molecule has 0 unspecified atom stereocenters. The number of hydrogen-bond acceptors (Lipinski definition) is 3. The second kappa shape index (κ2) is 6.49. The molecule has 112 valence electrons. The molecule has 2 aromatic rings. The number of nitrogens with zero attached hydrogens (tertiary/aromatic N) is 2. The van der Waals surface area contributed by atoms with E-state index in [0.717, 1.165) is 0 Å². The summed E-state index contributed by atoms with van der Waals surface area (Å²) >= 11 is 0. The van der Waals surface area contributed by atoms with Crippen molar-refractivity contribution in [3.05, 3.63) is 42.5 Å². The van der Waals surface area contributed by atoms with Crippen LogP contribution < -0.4 is 11.1 Å². The van der Waals surface area contributed by atoms with Crippen molar-refractivity contribution in [2.45, 2.75) is 26.3 Å². The molecule has 0 radical (unpaired) electrons. The van der Waals surface area contributed by atoms with Crippen molar-refractivity contribution < 1.29 is 9.18 Å². The van der Waals surface area contributed by atoms with E-state index < -0.39 is 6.04 Å². The van der Waals surface area contributed by atoms with Gasteiger partial charge in [-0.3, -0.25) is 4.79 Å². The van der Waals surface area contributed by atoms with E-state index in [1.807, 2.05) is 13.8 Å². The largest absolute Gasteiger partial charge is 0.322 e. The Bertz CT molecular complexity index is 624. The van der Waals surface area contributed by atoms with Gasteiger partial charge in [-0.15, -0.1) is 0 Å². The minimum absolute atomic E-state index is 0.267. The summed E-state index contributed by atoms with van der Waals surface area (Å²) in [4.78, 5) is 11.9. The third kappa shape index (κ3) is 3.88. The lowest BCUT2D eigenvalue weighted by molar-refractivity contribution is -0.117. The number of benzene rings is 1. The summed E-state index contributed by atoms with van der Waals surface area (Å²) in [5, 5.41) is 6.73. The highest BCUT2D eigenvalue weighted by molar-refractivity contribution is 5.94. The first-order valence-corrected chi connectivity index (χ1v) is 6.83. The standard InChI is InChI=1S/C15H19FN4O/c1-10(2)7-13(17)15(21)19-11-8-18-20(9-11)14-6-4-3-5-12(14)16/h3-6,8-10,13H,7,17H2,1-2H3,(H,19,21)/t13-/m0/s1. The van der Waals surface area contributed by atoms with Gasteiger partial charge in [0.2, 0.25) is 5.91 Å². The summed E-state index contributed by atoms with van der Waals surface area (Å²) in [6, 6.07) is 5.72. The monoisotopic (exact) mass is 290 g/mol. The molecule has 21 heavy (non-hydrogen) atoms. The number of aromatic nitrogens is 2. The smallest absolute Gasteiger partial charge is 0.241 e. The molecule has 0 spiro atoms. The summed E-state index contributed by atoms with van der Waals surface area (Å²) in [7, 11) is 0. The van der Waals surface area contributed by atoms with Crippen molar-refractivity contribution in [2.24, 2.45) is 11.7 Å². The molecule has 0 aliphatic carbocycles. The van der Waals surface area contributed by atoms with Gasteiger partial charge in [0.05, 0.1) is 24.1 Å². The van der Waals surface area contributed by atoms with E-state index >= 15 is 0 Å². The first-order chi connectivity index (χ1) is 9.97. The van der Waals surface area contributed by atoms with Crippen molar-refractivity contribution in [2.75, 3.05) is 5.32 Å². The van der Waals surface area contributed by atoms with E-state index in [9.17, 15) is 9.18 Å². The van der Waals surface area contributed by atoms with E-state index in [0.29, 0.717) is 23.7 Å². The van der Waals surface area contributed by atoms with Crippen LogP contribution in [0.15, 0.2) is 36.7 Å². The first-order valence-electron chi connectivity index (χ1n) is 6.83. The number of para-hydroxylation sites is 1. The molecule has 0 saturated heterocycles. The average Bonchev–Trinajstić information content (AvgIpc) is 2.86. The molecule has 1 aromatic carbocycles. The minimum atomic E-state index is -0.568. The lowest BCUT2D eigenvalue weighted by Gasteiger charge is -2.13. The molecule has 0 aliphatic heterocycles. The molecule has 1 aromatic heterocycles. The molecule has 1 amide bonds. The number of hydrogen-bond donors (Lipinski definition) is 2. The van der Waals surface area contributed by atoms with Crippen molar-refractivity contribution in [3.8, 4) is 5.69 Å². The number of halogens is 1. The van der Waals surface area contributed by atoms with E-state index in [1.54, 1.807) is 24.4 Å². The van der Waals surface area contributed by atoms with Crippen LogP contribution in [0.5, 0.6) is 0 Å². The SMILES string of the molecule is CC(C)C[C@H](N)C(=O)Nc1cnn(-c2ccccc2F)c1. The van der Waals surface area contributed by atoms with Gasteiger partial charge < -0.3 is 11.1 Å². The number of nitrogens with two attached hydrogens (primary N) is 1. The van der Waals surface area contributed by atoms with Gasteiger partial charge in [-0.05, 0) is 24.5 Å². The molecule has 1 heterocycles. The topological polar surface area (TPSA) is 72.9 Å². The number of carbonyl (C=O) groups is 1. The summed E-state index contributed by atoms with van der Waals surface area (Å²) < 4.78 is 15.0. The predicted molar refractivity (Wildman–Crippen MR) is 79.6 cm³/mol. The maximum absolute atomic E-state index is 13.7. The van der Waals surface area contributed by atoms with Crippen molar-refractivity contribution in [3.63, 3.8) is 0 Å². The number of rotatable bonds is 5. The van der Waals surface area contributed by atoms with E-state index in [4.69, 9.17) is 5.73 Å². The second-order valence-electron chi connectivity index (χ2n) is 5.35. The third-order valence-corrected chi connectivity index (χ3v) is 3.01. The van der Waals surface area contributed by atoms with E-state index in [1.165, 1.54) is 16.9 Å². The number of nitrogens with one attached hydrogen (secondary N) is 1. The van der Waals surface area contributed by atoms with Crippen molar-refractivity contribution in [1.29, 1.82) is 0 Å². The molecule has 6 heteroatoms. The van der Waals surface area contributed by atoms with Gasteiger partial charge in [0.25, 0.3) is 0 Å². The molecule has 0 saturated carbocycles. The zero-order chi connectivity index (χ0) is 15.4. The van der Waals surface area contributed by atoms with Gasteiger partial charge in [-0.2, -0.15) is 5.10 Å². The van der Waals surface area contributed by atoms with Crippen LogP contribution in [0.2, 0.25) is 0 Å². The molecular weight excluding hydrogens is 271 g/mol. The number of anilines is 1. The molecule has 0 fully saturated rings. The maximum Gasteiger partial charge on any atom is 0.241 e. The van der Waals surface area contributed by atoms with Gasteiger partial charge >= 0.3 is 0 Å². The molecular formula is C15H19FN4O. The van der Waals surface area contributed by atoms with Crippen LogP contribution in [0, 0.1) is 11.7 Å². The Hall–Kier alpha value is -2.21. The summed E-state index contributed by atoms with van der Waals surface area (Å²) in [6.07, 6.45) is 3.62. The van der Waals surface area contributed by atoms with Gasteiger partial charge in [-0.1, -0.05) is 26.0 Å². The molecule has 3 N–H and O–H groups in total. The molecule has 0 bridgehead atoms. The van der Waals surface area contributed by atoms with E-state index in [2.05, 4.69) is 10.4 Å². The van der Waals surface area contributed by atoms with Crippen molar-refractivity contribution in [1.82, 2.24) is 9.78 Å². The number of carbonyl (C=O) groups excluding carboxylic acids is 1. The first kappa shape index (κ1) is 15.2. The Morgan fingerprint density at radius 1 is 1.43 bits per heavy atom. The fourth-order valence-electron chi connectivity index (χ4n) is 2.01. The zero-order valence-electron chi connectivity index (χ0n) is 12.1. The zero-order valence-corrected chi connectivity index (χ0v) is 12.1. The maximum atomic E-state index is 13.7. The van der Waals surface area contributed by atoms with Gasteiger partial charge in [0.15, 0.2) is 0 Å². The normalized spacial score (nSPS) is 12.4. The predicted octanol–water partition coefficient (Wildman–Crippen LogP) is 2.32. The number of amides is 1. The van der Waals surface area contributed by atoms with Crippen LogP contribution in [-0.2, 0) is 4.79 Å². The fourth-order valence-corrected chi connectivity index (χ4v) is 2.01. The Labute approximate surface area is 123 Å². The van der Waals surface area contributed by atoms with Crippen LogP contribution in [0.1, 0.15) is 20.3 Å². The van der Waals surface area contributed by atoms with Crippen LogP contribution in [0.4, 0.5) is 10.1 Å². The quantitative estimate of drug-likeness (QED) is 0.887. The molecule has 1 atom stereocenters. The van der Waals surface area contributed by atoms with Gasteiger partial charge in [-0.25, -0.2) is 9.07 Å². The second-order valence-corrected chi connectivity index (χ2v) is 5.35. The summed E-state index contributed by atoms with van der Waals surface area (Å²) in [5.41, 5.74) is 6.62. The van der Waals surface area contributed by atoms with Gasteiger partial charge in [0.1, 0.15) is 11.5 Å². The Morgan fingerprint density at radius 2 is 2.14 bits per heavy atom. The van der Waals surface area contributed by atoms with Crippen LogP contribution in [0.25, 0.3) is 5.69 Å². The highest BCUT2D eigenvalue weighted by Crippen LogP contribution is 2.15. The van der Waals surface area contributed by atoms with Crippen LogP contribution in [-0.4, -0.2) is 21.7 Å². The molecule has 2 rings (SSSR count). The lowest BCUT2D eigenvalue weighted by Crippen LogP contribution is -2.36. The highest BCUT2D eigenvalue weighted by atomic mass is 19.1. The van der Waals surface area contributed by atoms with Crippen LogP contribution >= 0.6 is 0 Å². The molecule has 0 aliphatic rings. The highest BCUT2D eigenvalue weighted by Gasteiger charge is 2.16. The Balaban J connectivity index is 2.07.